The average molecular weight is 238 g/mol. The molecule has 0 aromatic carbocycles. The monoisotopic (exact) mass is 238 g/mol. The number of nitrogens with two attached hydrogens (primary N) is 1. The smallest absolute Gasteiger partial charge is 0.225 e. The van der Waals surface area contributed by atoms with Crippen molar-refractivity contribution in [2.45, 2.75) is 20.8 Å². The van der Waals surface area contributed by atoms with Gasteiger partial charge in [0.15, 0.2) is 0 Å². The van der Waals surface area contributed by atoms with Gasteiger partial charge >= 0.3 is 0 Å². The topological polar surface area (TPSA) is 55.0 Å². The van der Waals surface area contributed by atoms with Crippen LogP contribution in [0.2, 0.25) is 0 Å². The predicted octanol–water partition coefficient (Wildman–Crippen LogP) is 1.45. The zero-order chi connectivity index (χ0) is 12.3. The van der Waals surface area contributed by atoms with E-state index in [0.717, 1.165) is 23.9 Å². The van der Waals surface area contributed by atoms with Gasteiger partial charge in [-0.2, -0.15) is 0 Å². The standard InChI is InChI=1S/C11H18N4S/c1-7(10(12)16)6-15(4)11-13-8(2)5-9(3)14-11/h5,7H,6H2,1-4H3,(H2,12,16). The Morgan fingerprint density at radius 1 is 1.44 bits per heavy atom. The maximum atomic E-state index is 5.59. The summed E-state index contributed by atoms with van der Waals surface area (Å²) in [5.41, 5.74) is 7.53. The molecule has 0 saturated carbocycles. The highest BCUT2D eigenvalue weighted by atomic mass is 32.1. The Balaban J connectivity index is 2.80. The van der Waals surface area contributed by atoms with Gasteiger partial charge in [0.1, 0.15) is 0 Å². The van der Waals surface area contributed by atoms with E-state index in [1.54, 1.807) is 0 Å². The Hall–Kier alpha value is -1.23. The van der Waals surface area contributed by atoms with Crippen molar-refractivity contribution in [2.24, 2.45) is 11.7 Å². The molecule has 0 saturated heterocycles. The molecule has 1 rings (SSSR count). The highest BCUT2D eigenvalue weighted by Crippen LogP contribution is 2.10. The van der Waals surface area contributed by atoms with Crippen LogP contribution in [0.4, 0.5) is 5.95 Å². The third kappa shape index (κ3) is 3.41. The Bertz CT molecular complexity index is 371. The van der Waals surface area contributed by atoms with Crippen LogP contribution in [0.1, 0.15) is 18.3 Å². The molecule has 4 nitrogen and oxygen atoms in total. The maximum Gasteiger partial charge on any atom is 0.225 e. The summed E-state index contributed by atoms with van der Waals surface area (Å²) >= 11 is 4.95. The number of aryl methyl sites for hydroxylation is 2. The molecule has 0 spiro atoms. The van der Waals surface area contributed by atoms with Gasteiger partial charge < -0.3 is 10.6 Å². The minimum atomic E-state index is 0.157. The van der Waals surface area contributed by atoms with E-state index in [0.29, 0.717) is 4.99 Å². The molecule has 0 fully saturated rings. The van der Waals surface area contributed by atoms with Gasteiger partial charge in [-0.15, -0.1) is 0 Å². The first-order valence-corrected chi connectivity index (χ1v) is 5.63. The van der Waals surface area contributed by atoms with Crippen LogP contribution in [0.15, 0.2) is 6.07 Å². The van der Waals surface area contributed by atoms with Crippen LogP contribution in [0, 0.1) is 19.8 Å². The van der Waals surface area contributed by atoms with Gasteiger partial charge in [0.05, 0.1) is 4.99 Å². The summed E-state index contributed by atoms with van der Waals surface area (Å²) in [6.45, 7) is 6.66. The number of thiocarbonyl (C=S) groups is 1. The number of anilines is 1. The first-order valence-electron chi connectivity index (χ1n) is 5.23. The molecule has 0 aliphatic carbocycles. The lowest BCUT2D eigenvalue weighted by molar-refractivity contribution is 0.722. The fourth-order valence-electron chi connectivity index (χ4n) is 1.46. The molecule has 1 aromatic rings. The Morgan fingerprint density at radius 2 is 1.94 bits per heavy atom. The summed E-state index contributed by atoms with van der Waals surface area (Å²) in [5.74, 6) is 0.880. The highest BCUT2D eigenvalue weighted by Gasteiger charge is 2.11. The van der Waals surface area contributed by atoms with Gasteiger partial charge in [-0.1, -0.05) is 19.1 Å². The summed E-state index contributed by atoms with van der Waals surface area (Å²) in [6, 6.07) is 1.95. The van der Waals surface area contributed by atoms with E-state index in [9.17, 15) is 0 Å². The van der Waals surface area contributed by atoms with Crippen molar-refractivity contribution in [3.05, 3.63) is 17.5 Å². The fourth-order valence-corrected chi connectivity index (χ4v) is 1.53. The van der Waals surface area contributed by atoms with Crippen molar-refractivity contribution in [1.82, 2.24) is 9.97 Å². The van der Waals surface area contributed by atoms with E-state index >= 15 is 0 Å². The van der Waals surface area contributed by atoms with E-state index in [2.05, 4.69) is 9.97 Å². The second kappa shape index (κ2) is 5.21. The van der Waals surface area contributed by atoms with E-state index in [1.807, 2.05) is 38.8 Å². The summed E-state index contributed by atoms with van der Waals surface area (Å²) in [5, 5.41) is 0. The Labute approximate surface area is 102 Å². The molecule has 5 heteroatoms. The minimum Gasteiger partial charge on any atom is -0.393 e. The first kappa shape index (κ1) is 12.8. The van der Waals surface area contributed by atoms with Crippen molar-refractivity contribution in [2.75, 3.05) is 18.5 Å². The third-order valence-electron chi connectivity index (χ3n) is 2.35. The van der Waals surface area contributed by atoms with Crippen molar-refractivity contribution < 1.29 is 0 Å². The minimum absolute atomic E-state index is 0.157. The summed E-state index contributed by atoms with van der Waals surface area (Å²) in [4.78, 5) is 11.3. The molecular formula is C11H18N4S. The quantitative estimate of drug-likeness (QED) is 0.805. The Morgan fingerprint density at radius 3 is 2.38 bits per heavy atom. The normalized spacial score (nSPS) is 12.2. The lowest BCUT2D eigenvalue weighted by Crippen LogP contribution is -2.32. The molecule has 2 N–H and O–H groups in total. The van der Waals surface area contributed by atoms with E-state index in [4.69, 9.17) is 18.0 Å². The predicted molar refractivity (Wildman–Crippen MR) is 70.7 cm³/mol. The van der Waals surface area contributed by atoms with Gasteiger partial charge in [0, 0.05) is 30.9 Å². The van der Waals surface area contributed by atoms with Gasteiger partial charge in [0.25, 0.3) is 0 Å². The van der Waals surface area contributed by atoms with E-state index in [1.165, 1.54) is 0 Å². The number of nitrogens with zero attached hydrogens (tertiary/aromatic N) is 3. The van der Waals surface area contributed by atoms with Crippen LogP contribution in [0.3, 0.4) is 0 Å². The van der Waals surface area contributed by atoms with Crippen LogP contribution in [0.5, 0.6) is 0 Å². The SMILES string of the molecule is Cc1cc(C)nc(N(C)CC(C)C(N)=S)n1. The largest absolute Gasteiger partial charge is 0.393 e. The molecule has 0 bridgehead atoms. The van der Waals surface area contributed by atoms with Gasteiger partial charge in [0.2, 0.25) is 5.95 Å². The molecule has 16 heavy (non-hydrogen) atoms. The summed E-state index contributed by atoms with van der Waals surface area (Å²) in [7, 11) is 1.95. The molecule has 0 aliphatic rings. The third-order valence-corrected chi connectivity index (χ3v) is 2.75. The van der Waals surface area contributed by atoms with Crippen LogP contribution in [0.25, 0.3) is 0 Å². The van der Waals surface area contributed by atoms with E-state index in [-0.39, 0.29) is 5.92 Å². The van der Waals surface area contributed by atoms with Crippen molar-refractivity contribution in [3.63, 3.8) is 0 Å². The highest BCUT2D eigenvalue weighted by molar-refractivity contribution is 7.80. The van der Waals surface area contributed by atoms with Gasteiger partial charge in [-0.05, 0) is 19.9 Å². The second-order valence-corrected chi connectivity index (χ2v) is 4.61. The molecule has 0 aliphatic heterocycles. The van der Waals surface area contributed by atoms with Crippen LogP contribution < -0.4 is 10.6 Å². The first-order chi connectivity index (χ1) is 7.40. The lowest BCUT2D eigenvalue weighted by Gasteiger charge is -2.21. The summed E-state index contributed by atoms with van der Waals surface area (Å²) < 4.78 is 0. The number of hydrogen-bond donors (Lipinski definition) is 1. The molecular weight excluding hydrogens is 220 g/mol. The average Bonchev–Trinajstić information content (AvgIpc) is 2.15. The second-order valence-electron chi connectivity index (χ2n) is 4.13. The maximum absolute atomic E-state index is 5.59. The molecule has 0 amide bonds. The van der Waals surface area contributed by atoms with Crippen LogP contribution in [-0.2, 0) is 0 Å². The van der Waals surface area contributed by atoms with Crippen molar-refractivity contribution >= 4 is 23.2 Å². The van der Waals surface area contributed by atoms with Crippen LogP contribution >= 0.6 is 12.2 Å². The number of hydrogen-bond acceptors (Lipinski definition) is 4. The van der Waals surface area contributed by atoms with Crippen LogP contribution in [-0.4, -0.2) is 28.5 Å². The zero-order valence-corrected chi connectivity index (χ0v) is 11.0. The molecule has 1 unspecified atom stereocenters. The number of rotatable bonds is 4. The van der Waals surface area contributed by atoms with Crippen molar-refractivity contribution in [3.8, 4) is 0 Å². The fraction of sp³-hybridized carbons (Fsp3) is 0.545. The zero-order valence-electron chi connectivity index (χ0n) is 10.2. The number of aromatic nitrogens is 2. The lowest BCUT2D eigenvalue weighted by atomic mass is 10.2. The molecule has 88 valence electrons. The van der Waals surface area contributed by atoms with E-state index < -0.39 is 0 Å². The summed E-state index contributed by atoms with van der Waals surface area (Å²) in [6.07, 6.45) is 0. The van der Waals surface area contributed by atoms with Crippen molar-refractivity contribution in [1.29, 1.82) is 0 Å². The Kier molecular flexibility index (Phi) is 4.18. The molecule has 1 atom stereocenters. The molecule has 1 aromatic heterocycles. The van der Waals surface area contributed by atoms with Gasteiger partial charge in [-0.3, -0.25) is 0 Å². The van der Waals surface area contributed by atoms with Gasteiger partial charge in [-0.25, -0.2) is 9.97 Å². The molecule has 0 radical (unpaired) electrons. The molecule has 1 heterocycles.